The van der Waals surface area contributed by atoms with Crippen LogP contribution in [-0.2, 0) is 6.42 Å². The smallest absolute Gasteiger partial charge is 0.448 e. The summed E-state index contributed by atoms with van der Waals surface area (Å²) in [6.45, 7) is -4.31. The number of pyridine rings is 1. The second-order valence-electron chi connectivity index (χ2n) is 3.58. The summed E-state index contributed by atoms with van der Waals surface area (Å²) in [6.07, 6.45) is 3.10. The molecular formula is C9H13BF3N2-. The zero-order valence-corrected chi connectivity index (χ0v) is 8.54. The lowest BCUT2D eigenvalue weighted by Crippen LogP contribution is -2.36. The quantitative estimate of drug-likeness (QED) is 0.700. The molecule has 0 aliphatic rings. The molecule has 0 aliphatic heterocycles. The lowest BCUT2D eigenvalue weighted by molar-refractivity contribution is 0.331. The molecule has 6 heteroatoms. The predicted molar refractivity (Wildman–Crippen MR) is 54.5 cm³/mol. The van der Waals surface area contributed by atoms with Crippen molar-refractivity contribution in [3.63, 3.8) is 0 Å². The molecule has 84 valence electrons. The number of halogens is 3. The summed E-state index contributed by atoms with van der Waals surface area (Å²) in [4.78, 5) is 5.13. The van der Waals surface area contributed by atoms with Gasteiger partial charge >= 0.3 is 6.98 Å². The van der Waals surface area contributed by atoms with E-state index in [0.717, 1.165) is 5.56 Å². The third kappa shape index (κ3) is 5.42. The summed E-state index contributed by atoms with van der Waals surface area (Å²) in [5.74, 6) is 0. The topological polar surface area (TPSA) is 16.1 Å². The molecule has 0 N–H and O–H groups in total. The van der Waals surface area contributed by atoms with E-state index in [1.165, 1.54) is 11.9 Å². The number of hydrogen-bond acceptors (Lipinski definition) is 2. The molecule has 15 heavy (non-hydrogen) atoms. The van der Waals surface area contributed by atoms with E-state index in [-0.39, 0.29) is 0 Å². The third-order valence-electron chi connectivity index (χ3n) is 2.05. The van der Waals surface area contributed by atoms with Gasteiger partial charge in [0.25, 0.3) is 0 Å². The van der Waals surface area contributed by atoms with Gasteiger partial charge in [-0.3, -0.25) is 4.98 Å². The molecule has 0 aliphatic carbocycles. The second kappa shape index (κ2) is 5.16. The molecule has 0 bridgehead atoms. The van der Waals surface area contributed by atoms with Crippen LogP contribution in [0.3, 0.4) is 0 Å². The Morgan fingerprint density at radius 1 is 1.27 bits per heavy atom. The maximum atomic E-state index is 12.0. The van der Waals surface area contributed by atoms with Crippen molar-refractivity contribution in [3.8, 4) is 0 Å². The van der Waals surface area contributed by atoms with Gasteiger partial charge in [-0.15, -0.1) is 0 Å². The number of nitrogens with zero attached hydrogens (tertiary/aromatic N) is 2. The molecule has 1 heterocycles. The highest BCUT2D eigenvalue weighted by molar-refractivity contribution is 6.58. The Hall–Kier alpha value is -1.04. The minimum atomic E-state index is -4.72. The maximum Gasteiger partial charge on any atom is 0.492 e. The molecule has 0 amide bonds. The fraction of sp³-hybridized carbons (Fsp3) is 0.444. The first-order valence-corrected chi connectivity index (χ1v) is 4.76. The van der Waals surface area contributed by atoms with Gasteiger partial charge in [-0.05, 0) is 44.2 Å². The van der Waals surface area contributed by atoms with E-state index >= 15 is 0 Å². The van der Waals surface area contributed by atoms with E-state index in [9.17, 15) is 12.9 Å². The van der Waals surface area contributed by atoms with E-state index in [0.29, 0.717) is 13.0 Å². The first kappa shape index (κ1) is 12.0. The molecule has 0 saturated heterocycles. The summed E-state index contributed by atoms with van der Waals surface area (Å²) in [6, 6.07) is 3.62. The van der Waals surface area contributed by atoms with E-state index in [4.69, 9.17) is 0 Å². The molecule has 0 aromatic carbocycles. The molecule has 1 aromatic heterocycles. The molecule has 0 unspecified atom stereocenters. The van der Waals surface area contributed by atoms with Crippen LogP contribution in [0.4, 0.5) is 12.9 Å². The first-order valence-electron chi connectivity index (χ1n) is 4.76. The Bertz CT molecular complexity index is 289. The van der Waals surface area contributed by atoms with Gasteiger partial charge in [-0.1, -0.05) is 0 Å². The van der Waals surface area contributed by atoms with Crippen LogP contribution in [0.5, 0.6) is 0 Å². The van der Waals surface area contributed by atoms with Gasteiger partial charge in [0.05, 0.1) is 0 Å². The Kier molecular flexibility index (Phi) is 4.14. The molecule has 0 radical (unpaired) electrons. The van der Waals surface area contributed by atoms with Gasteiger partial charge in [0.2, 0.25) is 0 Å². The Labute approximate surface area is 87.2 Å². The van der Waals surface area contributed by atoms with Crippen molar-refractivity contribution < 1.29 is 12.9 Å². The number of aromatic nitrogens is 1. The van der Waals surface area contributed by atoms with Gasteiger partial charge < -0.3 is 17.8 Å². The summed E-state index contributed by atoms with van der Waals surface area (Å²) in [7, 11) is 1.48. The molecule has 0 spiro atoms. The van der Waals surface area contributed by atoms with E-state index < -0.39 is 13.4 Å². The maximum absolute atomic E-state index is 12.0. The van der Waals surface area contributed by atoms with E-state index in [1.54, 1.807) is 12.4 Å². The second-order valence-corrected chi connectivity index (χ2v) is 3.58. The molecule has 1 aromatic rings. The summed E-state index contributed by atoms with van der Waals surface area (Å²) < 4.78 is 36.1. The lowest BCUT2D eigenvalue weighted by Gasteiger charge is -2.23. The largest absolute Gasteiger partial charge is 0.492 e. The standard InChI is InChI=1S/C9H13BF3N2/c1-15(8-10(11,12)13)7-4-9-2-5-14-6-3-9/h2-3,5-6H,4,7-8H2,1H3/q-1. The van der Waals surface area contributed by atoms with Crippen LogP contribution in [-0.4, -0.2) is 36.9 Å². The van der Waals surface area contributed by atoms with Crippen LogP contribution in [0.25, 0.3) is 0 Å². The molecular weight excluding hydrogens is 204 g/mol. The predicted octanol–water partition coefficient (Wildman–Crippen LogP) is 1.94. The van der Waals surface area contributed by atoms with Gasteiger partial charge in [-0.25, -0.2) is 0 Å². The average Bonchev–Trinajstić information content (AvgIpc) is 2.14. The van der Waals surface area contributed by atoms with Crippen molar-refractivity contribution in [2.75, 3.05) is 20.0 Å². The fourth-order valence-corrected chi connectivity index (χ4v) is 1.31. The average molecular weight is 217 g/mol. The minimum Gasteiger partial charge on any atom is -0.448 e. The first-order chi connectivity index (χ1) is 6.97. The summed E-state index contributed by atoms with van der Waals surface area (Å²) in [5, 5.41) is 0. The van der Waals surface area contributed by atoms with E-state index in [2.05, 4.69) is 4.98 Å². The molecule has 2 nitrogen and oxygen atoms in total. The van der Waals surface area contributed by atoms with Crippen LogP contribution in [0.2, 0.25) is 0 Å². The fourth-order valence-electron chi connectivity index (χ4n) is 1.31. The minimum absolute atomic E-state index is 0.408. The van der Waals surface area contributed by atoms with Gasteiger partial charge in [0, 0.05) is 12.4 Å². The van der Waals surface area contributed by atoms with E-state index in [1.807, 2.05) is 12.1 Å². The normalized spacial score (nSPS) is 12.1. The Morgan fingerprint density at radius 2 is 1.87 bits per heavy atom. The third-order valence-corrected chi connectivity index (χ3v) is 2.05. The lowest BCUT2D eigenvalue weighted by atomic mass is 9.91. The highest BCUT2D eigenvalue weighted by Crippen LogP contribution is 2.09. The SMILES string of the molecule is CN(CCc1ccncc1)C[B-](F)(F)F. The molecule has 1 rings (SSSR count). The summed E-state index contributed by atoms with van der Waals surface area (Å²) in [5.41, 5.74) is 1.01. The highest BCUT2D eigenvalue weighted by Gasteiger charge is 2.24. The summed E-state index contributed by atoms with van der Waals surface area (Å²) >= 11 is 0. The zero-order valence-electron chi connectivity index (χ0n) is 8.54. The number of hydrogen-bond donors (Lipinski definition) is 0. The molecule has 0 atom stereocenters. The number of likely N-dealkylation sites (N-methyl/N-ethyl adjacent to an activating group) is 1. The highest BCUT2D eigenvalue weighted by atomic mass is 19.4. The van der Waals surface area contributed by atoms with Crippen LogP contribution in [0, 0.1) is 0 Å². The number of rotatable bonds is 5. The van der Waals surface area contributed by atoms with Crippen LogP contribution in [0.1, 0.15) is 5.56 Å². The van der Waals surface area contributed by atoms with Crippen LogP contribution < -0.4 is 0 Å². The van der Waals surface area contributed by atoms with Gasteiger partial charge in [0.15, 0.2) is 0 Å². The Balaban J connectivity index is 2.32. The van der Waals surface area contributed by atoms with Crippen LogP contribution >= 0.6 is 0 Å². The van der Waals surface area contributed by atoms with Crippen molar-refractivity contribution in [3.05, 3.63) is 30.1 Å². The zero-order chi connectivity index (χ0) is 11.3. The van der Waals surface area contributed by atoms with Crippen molar-refractivity contribution >= 4 is 6.98 Å². The molecule has 0 saturated carbocycles. The van der Waals surface area contributed by atoms with Crippen LogP contribution in [0.15, 0.2) is 24.5 Å². The van der Waals surface area contributed by atoms with Crippen molar-refractivity contribution in [1.82, 2.24) is 9.88 Å². The van der Waals surface area contributed by atoms with Crippen molar-refractivity contribution in [1.29, 1.82) is 0 Å². The monoisotopic (exact) mass is 217 g/mol. The van der Waals surface area contributed by atoms with Crippen molar-refractivity contribution in [2.45, 2.75) is 6.42 Å². The molecule has 0 fully saturated rings. The van der Waals surface area contributed by atoms with Crippen molar-refractivity contribution in [2.24, 2.45) is 0 Å². The Morgan fingerprint density at radius 3 is 2.40 bits per heavy atom. The van der Waals surface area contributed by atoms with Gasteiger partial charge in [-0.2, -0.15) is 0 Å². The van der Waals surface area contributed by atoms with Gasteiger partial charge in [0.1, 0.15) is 0 Å².